The molecule has 1 unspecified atom stereocenters. The van der Waals surface area contributed by atoms with Crippen molar-refractivity contribution in [2.45, 2.75) is 33.2 Å². The Morgan fingerprint density at radius 1 is 1.31 bits per heavy atom. The minimum Gasteiger partial charge on any atom is -0.315 e. The van der Waals surface area contributed by atoms with Crippen LogP contribution in [0.2, 0.25) is 0 Å². The maximum absolute atomic E-state index is 3.52. The number of rotatable bonds is 6. The summed E-state index contributed by atoms with van der Waals surface area (Å²) < 4.78 is 0. The van der Waals surface area contributed by atoms with E-state index in [-0.39, 0.29) is 0 Å². The molecule has 1 heterocycles. The smallest absolute Gasteiger partial charge is 0.0218 e. The molecule has 16 heavy (non-hydrogen) atoms. The first-order valence-corrected chi connectivity index (χ1v) is 6.76. The summed E-state index contributed by atoms with van der Waals surface area (Å²) >= 11 is 0. The van der Waals surface area contributed by atoms with Gasteiger partial charge in [-0.1, -0.05) is 20.8 Å². The summed E-state index contributed by atoms with van der Waals surface area (Å²) in [5.41, 5.74) is 0. The maximum atomic E-state index is 3.52. The van der Waals surface area contributed by atoms with Crippen molar-refractivity contribution in [3.8, 4) is 0 Å². The molecule has 0 aromatic heterocycles. The van der Waals surface area contributed by atoms with Crippen LogP contribution in [-0.2, 0) is 0 Å². The van der Waals surface area contributed by atoms with E-state index in [9.17, 15) is 0 Å². The lowest BCUT2D eigenvalue weighted by Gasteiger charge is -2.39. The van der Waals surface area contributed by atoms with E-state index in [0.717, 1.165) is 25.0 Å². The molecule has 0 aromatic carbocycles. The summed E-state index contributed by atoms with van der Waals surface area (Å²) in [6, 6.07) is 0.763. The van der Waals surface area contributed by atoms with Crippen molar-refractivity contribution in [2.75, 3.05) is 46.3 Å². The molecule has 3 heteroatoms. The molecule has 0 amide bonds. The Morgan fingerprint density at radius 2 is 2.06 bits per heavy atom. The van der Waals surface area contributed by atoms with Gasteiger partial charge in [0.05, 0.1) is 0 Å². The van der Waals surface area contributed by atoms with Gasteiger partial charge in [0, 0.05) is 38.8 Å². The minimum atomic E-state index is 0.760. The van der Waals surface area contributed by atoms with Crippen LogP contribution in [0.25, 0.3) is 0 Å². The third kappa shape index (κ3) is 4.81. The number of nitrogens with one attached hydrogen (secondary N) is 1. The topological polar surface area (TPSA) is 18.5 Å². The van der Waals surface area contributed by atoms with Crippen molar-refractivity contribution in [1.29, 1.82) is 0 Å². The SMILES string of the molecule is CCC1CN(CCNCC(C)C)CCN1C. The van der Waals surface area contributed by atoms with Crippen molar-refractivity contribution in [2.24, 2.45) is 5.92 Å². The third-order valence-corrected chi connectivity index (χ3v) is 3.49. The Morgan fingerprint density at radius 3 is 2.69 bits per heavy atom. The Hall–Kier alpha value is -0.120. The van der Waals surface area contributed by atoms with Crippen molar-refractivity contribution < 1.29 is 0 Å². The predicted octanol–water partition coefficient (Wildman–Crippen LogP) is 1.26. The minimum absolute atomic E-state index is 0.760. The highest BCUT2D eigenvalue weighted by atomic mass is 15.3. The van der Waals surface area contributed by atoms with Crippen molar-refractivity contribution in [3.05, 3.63) is 0 Å². The molecule has 0 aromatic rings. The third-order valence-electron chi connectivity index (χ3n) is 3.49. The van der Waals surface area contributed by atoms with E-state index < -0.39 is 0 Å². The first kappa shape index (κ1) is 13.9. The van der Waals surface area contributed by atoms with Gasteiger partial charge in [0.1, 0.15) is 0 Å². The average molecular weight is 227 g/mol. The molecule has 0 spiro atoms. The lowest BCUT2D eigenvalue weighted by Crippen LogP contribution is -2.52. The van der Waals surface area contributed by atoms with E-state index in [1.54, 1.807) is 0 Å². The van der Waals surface area contributed by atoms with Crippen LogP contribution < -0.4 is 5.32 Å². The normalized spacial score (nSPS) is 24.2. The van der Waals surface area contributed by atoms with Gasteiger partial charge in [0.15, 0.2) is 0 Å². The van der Waals surface area contributed by atoms with Crippen molar-refractivity contribution >= 4 is 0 Å². The van der Waals surface area contributed by atoms with Crippen molar-refractivity contribution in [1.82, 2.24) is 15.1 Å². The van der Waals surface area contributed by atoms with Crippen LogP contribution >= 0.6 is 0 Å². The van der Waals surface area contributed by atoms with Crippen LogP contribution in [0.1, 0.15) is 27.2 Å². The molecule has 1 aliphatic heterocycles. The highest BCUT2D eigenvalue weighted by molar-refractivity contribution is 4.79. The van der Waals surface area contributed by atoms with Gasteiger partial charge in [-0.15, -0.1) is 0 Å². The standard InChI is InChI=1S/C13H29N3/c1-5-13-11-16(9-8-15(13)4)7-6-14-10-12(2)3/h12-14H,5-11H2,1-4H3. The van der Waals surface area contributed by atoms with Crippen LogP contribution in [0, 0.1) is 5.92 Å². The average Bonchev–Trinajstić information content (AvgIpc) is 2.26. The van der Waals surface area contributed by atoms with Crippen LogP contribution in [0.3, 0.4) is 0 Å². The lowest BCUT2D eigenvalue weighted by molar-refractivity contribution is 0.0938. The maximum Gasteiger partial charge on any atom is 0.0218 e. The molecular formula is C13H29N3. The summed E-state index contributed by atoms with van der Waals surface area (Å²) in [5.74, 6) is 0.760. The van der Waals surface area contributed by atoms with Gasteiger partial charge >= 0.3 is 0 Å². The summed E-state index contributed by atoms with van der Waals surface area (Å²) in [5, 5.41) is 3.52. The summed E-state index contributed by atoms with van der Waals surface area (Å²) in [6.45, 7) is 14.0. The molecule has 0 bridgehead atoms. The predicted molar refractivity (Wildman–Crippen MR) is 70.9 cm³/mol. The van der Waals surface area contributed by atoms with Crippen LogP contribution in [0.4, 0.5) is 0 Å². The van der Waals surface area contributed by atoms with Crippen LogP contribution in [-0.4, -0.2) is 62.2 Å². The molecule has 1 saturated heterocycles. The molecule has 0 radical (unpaired) electrons. The van der Waals surface area contributed by atoms with Gasteiger partial charge < -0.3 is 10.2 Å². The Balaban J connectivity index is 2.13. The van der Waals surface area contributed by atoms with Crippen LogP contribution in [0.15, 0.2) is 0 Å². The summed E-state index contributed by atoms with van der Waals surface area (Å²) in [4.78, 5) is 5.10. The Bertz CT molecular complexity index is 182. The lowest BCUT2D eigenvalue weighted by atomic mass is 10.1. The van der Waals surface area contributed by atoms with Gasteiger partial charge in [-0.05, 0) is 25.9 Å². The molecule has 0 saturated carbocycles. The first-order chi connectivity index (χ1) is 7.63. The molecule has 1 atom stereocenters. The number of hydrogen-bond acceptors (Lipinski definition) is 3. The first-order valence-electron chi connectivity index (χ1n) is 6.76. The molecule has 3 nitrogen and oxygen atoms in total. The highest BCUT2D eigenvalue weighted by Crippen LogP contribution is 2.09. The quantitative estimate of drug-likeness (QED) is 0.689. The van der Waals surface area contributed by atoms with Gasteiger partial charge in [-0.25, -0.2) is 0 Å². The molecular weight excluding hydrogens is 198 g/mol. The van der Waals surface area contributed by atoms with Gasteiger partial charge in [-0.2, -0.15) is 0 Å². The zero-order chi connectivity index (χ0) is 12.0. The van der Waals surface area contributed by atoms with E-state index in [0.29, 0.717) is 0 Å². The fraction of sp³-hybridized carbons (Fsp3) is 1.00. The second kappa shape index (κ2) is 7.25. The molecule has 1 fully saturated rings. The van der Waals surface area contributed by atoms with Gasteiger partial charge in [0.2, 0.25) is 0 Å². The van der Waals surface area contributed by atoms with Crippen molar-refractivity contribution in [3.63, 3.8) is 0 Å². The summed E-state index contributed by atoms with van der Waals surface area (Å²) in [6.07, 6.45) is 1.27. The zero-order valence-corrected chi connectivity index (χ0v) is 11.5. The van der Waals surface area contributed by atoms with Crippen LogP contribution in [0.5, 0.6) is 0 Å². The summed E-state index contributed by atoms with van der Waals surface area (Å²) in [7, 11) is 2.25. The number of likely N-dealkylation sites (N-methyl/N-ethyl adjacent to an activating group) is 1. The monoisotopic (exact) mass is 227 g/mol. The molecule has 1 rings (SSSR count). The molecule has 1 N–H and O–H groups in total. The fourth-order valence-electron chi connectivity index (χ4n) is 2.28. The Kier molecular flexibility index (Phi) is 6.32. The largest absolute Gasteiger partial charge is 0.315 e. The molecule has 0 aliphatic carbocycles. The number of nitrogens with zero attached hydrogens (tertiary/aromatic N) is 2. The van der Waals surface area contributed by atoms with E-state index in [4.69, 9.17) is 0 Å². The van der Waals surface area contributed by atoms with E-state index in [1.165, 1.54) is 32.6 Å². The fourth-order valence-corrected chi connectivity index (χ4v) is 2.28. The van der Waals surface area contributed by atoms with Gasteiger partial charge in [-0.3, -0.25) is 4.90 Å². The molecule has 96 valence electrons. The zero-order valence-electron chi connectivity index (χ0n) is 11.5. The van der Waals surface area contributed by atoms with Gasteiger partial charge in [0.25, 0.3) is 0 Å². The second-order valence-electron chi connectivity index (χ2n) is 5.44. The number of piperazine rings is 1. The Labute approximate surface area is 101 Å². The van der Waals surface area contributed by atoms with E-state index in [1.807, 2.05) is 0 Å². The van der Waals surface area contributed by atoms with E-state index >= 15 is 0 Å². The van der Waals surface area contributed by atoms with E-state index in [2.05, 4.69) is 42.9 Å². The number of hydrogen-bond donors (Lipinski definition) is 1. The molecule has 1 aliphatic rings. The second-order valence-corrected chi connectivity index (χ2v) is 5.44. The highest BCUT2D eigenvalue weighted by Gasteiger charge is 2.21.